The summed E-state index contributed by atoms with van der Waals surface area (Å²) in [6.45, 7) is 0. The lowest BCUT2D eigenvalue weighted by Crippen LogP contribution is -2.03. The van der Waals surface area contributed by atoms with Gasteiger partial charge in [0.25, 0.3) is 0 Å². The maximum atomic E-state index is 12.0. The second kappa shape index (κ2) is 10.5. The van der Waals surface area contributed by atoms with E-state index in [0.29, 0.717) is 28.4 Å². The maximum absolute atomic E-state index is 12.0. The lowest BCUT2D eigenvalue weighted by Gasteiger charge is -2.09. The molecule has 0 heterocycles. The lowest BCUT2D eigenvalue weighted by atomic mass is 10.0. The monoisotopic (exact) mass is 411 g/mol. The molecule has 0 radical (unpaired) electrons. The number of hydrogen-bond acceptors (Lipinski definition) is 5. The third kappa shape index (κ3) is 5.84. The quantitative estimate of drug-likeness (QED) is 0.171. The van der Waals surface area contributed by atoms with Crippen LogP contribution in [0.15, 0.2) is 78.9 Å². The number of nitrogens with zero attached hydrogens (tertiary/aromatic N) is 1. The van der Waals surface area contributed by atoms with Crippen molar-refractivity contribution < 1.29 is 19.0 Å². The third-order valence-corrected chi connectivity index (χ3v) is 4.44. The molecular weight excluding hydrogens is 390 g/mol. The molecule has 3 rings (SSSR count). The normalized spacial score (nSPS) is 11.1. The average Bonchev–Trinajstić information content (AvgIpc) is 2.82. The highest BCUT2D eigenvalue weighted by molar-refractivity contribution is 5.91. The van der Waals surface area contributed by atoms with Gasteiger partial charge < -0.3 is 14.2 Å². The molecule has 3 aromatic carbocycles. The van der Waals surface area contributed by atoms with Crippen LogP contribution in [0.2, 0.25) is 0 Å². The Balaban J connectivity index is 1.71. The van der Waals surface area contributed by atoms with Crippen LogP contribution < -0.4 is 14.2 Å². The summed E-state index contributed by atoms with van der Waals surface area (Å²) < 4.78 is 15.9. The van der Waals surface area contributed by atoms with E-state index < -0.39 is 5.97 Å². The number of allylic oxidation sites excluding steroid dienone is 1. The first kappa shape index (κ1) is 21.4. The van der Waals surface area contributed by atoms with Gasteiger partial charge in [-0.3, -0.25) is 0 Å². The van der Waals surface area contributed by atoms with Crippen LogP contribution in [-0.4, -0.2) is 20.2 Å². The van der Waals surface area contributed by atoms with Crippen molar-refractivity contribution in [2.75, 3.05) is 14.2 Å². The average molecular weight is 411 g/mol. The predicted octanol–water partition coefficient (Wildman–Crippen LogP) is 5.39. The summed E-state index contributed by atoms with van der Waals surface area (Å²) >= 11 is 0. The molecule has 0 aliphatic heterocycles. The Hall–Kier alpha value is -4.30. The molecule has 3 aromatic rings. The van der Waals surface area contributed by atoms with Gasteiger partial charge in [-0.2, -0.15) is 5.26 Å². The van der Waals surface area contributed by atoms with Gasteiger partial charge in [0.1, 0.15) is 5.75 Å². The summed E-state index contributed by atoms with van der Waals surface area (Å²) in [5.74, 6) is 1.10. The number of methoxy groups -OCH3 is 2. The maximum Gasteiger partial charge on any atom is 0.336 e. The highest BCUT2D eigenvalue weighted by Gasteiger charge is 2.08. The summed E-state index contributed by atoms with van der Waals surface area (Å²) in [6.07, 6.45) is 4.83. The van der Waals surface area contributed by atoms with Crippen molar-refractivity contribution in [1.82, 2.24) is 0 Å². The molecule has 0 N–H and O–H groups in total. The van der Waals surface area contributed by atoms with E-state index in [1.165, 1.54) is 6.08 Å². The highest BCUT2D eigenvalue weighted by atomic mass is 16.5. The minimum absolute atomic E-state index is 0.421. The molecule has 0 saturated carbocycles. The van der Waals surface area contributed by atoms with Crippen LogP contribution in [0.1, 0.15) is 16.7 Å². The van der Waals surface area contributed by atoms with Crippen LogP contribution in [0.5, 0.6) is 17.2 Å². The first-order valence-corrected chi connectivity index (χ1v) is 9.52. The van der Waals surface area contributed by atoms with Crippen molar-refractivity contribution in [2.45, 2.75) is 0 Å². The van der Waals surface area contributed by atoms with Gasteiger partial charge in [-0.05, 0) is 59.2 Å². The van der Waals surface area contributed by atoms with Crippen LogP contribution in [0.3, 0.4) is 0 Å². The number of carbonyl (C=O) groups excluding carboxylic acids is 1. The van der Waals surface area contributed by atoms with Crippen LogP contribution in [-0.2, 0) is 4.79 Å². The molecule has 0 unspecified atom stereocenters. The standard InChI is InChI=1S/C26H21NO4/c1-29-24-14-11-21(17-25(24)30-2)22(18-27)16-20-8-12-23(13-9-20)31-26(28)15-10-19-6-4-3-5-7-19/h3-17H,1-2H3/b15-10+,22-16+. The summed E-state index contributed by atoms with van der Waals surface area (Å²) in [6, 6.07) is 23.9. The van der Waals surface area contributed by atoms with Gasteiger partial charge in [0.2, 0.25) is 0 Å². The second-order valence-electron chi connectivity index (χ2n) is 6.47. The smallest absolute Gasteiger partial charge is 0.336 e. The van der Waals surface area contributed by atoms with E-state index in [4.69, 9.17) is 14.2 Å². The fraction of sp³-hybridized carbons (Fsp3) is 0.0769. The molecule has 0 aromatic heterocycles. The number of rotatable bonds is 7. The molecule has 0 atom stereocenters. The SMILES string of the molecule is COc1ccc(/C(C#N)=C/c2ccc(OC(=O)/C=C/c3ccccc3)cc2)cc1OC. The lowest BCUT2D eigenvalue weighted by molar-refractivity contribution is -0.128. The Kier molecular flexibility index (Phi) is 7.23. The van der Waals surface area contributed by atoms with E-state index in [-0.39, 0.29) is 0 Å². The summed E-state index contributed by atoms with van der Waals surface area (Å²) in [7, 11) is 3.11. The summed E-state index contributed by atoms with van der Waals surface area (Å²) in [4.78, 5) is 12.0. The minimum Gasteiger partial charge on any atom is -0.493 e. The van der Waals surface area contributed by atoms with Crippen molar-refractivity contribution in [3.8, 4) is 23.3 Å². The zero-order chi connectivity index (χ0) is 22.1. The Bertz CT molecular complexity index is 1140. The molecule has 0 aliphatic carbocycles. The van der Waals surface area contributed by atoms with E-state index in [1.54, 1.807) is 68.8 Å². The molecule has 154 valence electrons. The molecule has 0 aliphatic rings. The van der Waals surface area contributed by atoms with Crippen LogP contribution >= 0.6 is 0 Å². The van der Waals surface area contributed by atoms with Crippen molar-refractivity contribution in [3.63, 3.8) is 0 Å². The first-order chi connectivity index (χ1) is 15.1. The van der Waals surface area contributed by atoms with Crippen LogP contribution in [0.4, 0.5) is 0 Å². The van der Waals surface area contributed by atoms with E-state index in [1.807, 2.05) is 30.3 Å². The van der Waals surface area contributed by atoms with Crippen molar-refractivity contribution in [2.24, 2.45) is 0 Å². The number of hydrogen-bond donors (Lipinski definition) is 0. The van der Waals surface area contributed by atoms with E-state index in [0.717, 1.165) is 11.1 Å². The van der Waals surface area contributed by atoms with Crippen molar-refractivity contribution >= 4 is 23.7 Å². The van der Waals surface area contributed by atoms with Gasteiger partial charge in [-0.1, -0.05) is 42.5 Å². The largest absolute Gasteiger partial charge is 0.493 e. The molecule has 0 bridgehead atoms. The van der Waals surface area contributed by atoms with Gasteiger partial charge in [-0.25, -0.2) is 4.79 Å². The van der Waals surface area contributed by atoms with Crippen molar-refractivity contribution in [3.05, 3.63) is 95.6 Å². The minimum atomic E-state index is -0.463. The number of carbonyl (C=O) groups is 1. The number of esters is 1. The molecule has 0 saturated heterocycles. The van der Waals surface area contributed by atoms with Gasteiger partial charge in [0.05, 0.1) is 25.9 Å². The predicted molar refractivity (Wildman–Crippen MR) is 121 cm³/mol. The fourth-order valence-corrected chi connectivity index (χ4v) is 2.86. The fourth-order valence-electron chi connectivity index (χ4n) is 2.86. The zero-order valence-corrected chi connectivity index (χ0v) is 17.2. The Labute approximate surface area is 181 Å². The van der Waals surface area contributed by atoms with Crippen LogP contribution in [0.25, 0.3) is 17.7 Å². The summed E-state index contributed by atoms with van der Waals surface area (Å²) in [5.41, 5.74) is 2.89. The van der Waals surface area contributed by atoms with E-state index in [2.05, 4.69) is 6.07 Å². The molecule has 0 spiro atoms. The molecular formula is C26H21NO4. The topological polar surface area (TPSA) is 68.5 Å². The van der Waals surface area contributed by atoms with Gasteiger partial charge in [0, 0.05) is 6.08 Å². The van der Waals surface area contributed by atoms with E-state index in [9.17, 15) is 10.1 Å². The summed E-state index contributed by atoms with van der Waals surface area (Å²) in [5, 5.41) is 9.59. The number of nitriles is 1. The number of benzene rings is 3. The first-order valence-electron chi connectivity index (χ1n) is 9.52. The van der Waals surface area contributed by atoms with E-state index >= 15 is 0 Å². The zero-order valence-electron chi connectivity index (χ0n) is 17.2. The Morgan fingerprint density at radius 1 is 0.871 bits per heavy atom. The Morgan fingerprint density at radius 2 is 1.58 bits per heavy atom. The number of ether oxygens (including phenoxy) is 3. The van der Waals surface area contributed by atoms with Gasteiger partial charge >= 0.3 is 5.97 Å². The molecule has 5 nitrogen and oxygen atoms in total. The Morgan fingerprint density at radius 3 is 2.23 bits per heavy atom. The van der Waals surface area contributed by atoms with Gasteiger partial charge in [0.15, 0.2) is 11.5 Å². The molecule has 0 amide bonds. The molecule has 0 fully saturated rings. The molecule has 5 heteroatoms. The second-order valence-corrected chi connectivity index (χ2v) is 6.47. The highest BCUT2D eigenvalue weighted by Crippen LogP contribution is 2.31. The molecule has 31 heavy (non-hydrogen) atoms. The third-order valence-electron chi connectivity index (χ3n) is 4.44. The van der Waals surface area contributed by atoms with Crippen LogP contribution in [0, 0.1) is 11.3 Å². The van der Waals surface area contributed by atoms with Crippen molar-refractivity contribution in [1.29, 1.82) is 5.26 Å². The van der Waals surface area contributed by atoms with Gasteiger partial charge in [-0.15, -0.1) is 0 Å².